The summed E-state index contributed by atoms with van der Waals surface area (Å²) < 4.78 is 21.0. The largest absolute Gasteiger partial charge is 0.497 e. The van der Waals surface area contributed by atoms with Crippen molar-refractivity contribution in [2.75, 3.05) is 14.2 Å². The third kappa shape index (κ3) is 5.61. The summed E-state index contributed by atoms with van der Waals surface area (Å²) in [5.74, 6) is 1.11. The van der Waals surface area contributed by atoms with E-state index in [1.165, 1.54) is 6.08 Å². The van der Waals surface area contributed by atoms with Crippen molar-refractivity contribution in [3.63, 3.8) is 0 Å². The van der Waals surface area contributed by atoms with Crippen LogP contribution in [0, 0.1) is 0 Å². The molecule has 0 aliphatic carbocycles. The molecule has 0 spiro atoms. The van der Waals surface area contributed by atoms with Gasteiger partial charge in [-0.2, -0.15) is 0 Å². The Morgan fingerprint density at radius 3 is 1.85 bits per heavy atom. The molecule has 0 aliphatic rings. The van der Waals surface area contributed by atoms with Crippen LogP contribution in [-0.2, 0) is 4.79 Å². The minimum Gasteiger partial charge on any atom is -0.497 e. The lowest BCUT2D eigenvalue weighted by atomic mass is 10.1. The molecule has 0 amide bonds. The van der Waals surface area contributed by atoms with Crippen LogP contribution in [-0.4, -0.2) is 26.2 Å². The second-order valence-corrected chi connectivity index (χ2v) is 7.32. The maximum absolute atomic E-state index is 12.2. The van der Waals surface area contributed by atoms with Gasteiger partial charge in [-0.25, -0.2) is 9.59 Å². The zero-order valence-electron chi connectivity index (χ0n) is 18.7. The van der Waals surface area contributed by atoms with Gasteiger partial charge in [-0.3, -0.25) is 0 Å². The highest BCUT2D eigenvalue weighted by Crippen LogP contribution is 2.23. The van der Waals surface area contributed by atoms with Gasteiger partial charge in [-0.1, -0.05) is 18.2 Å². The van der Waals surface area contributed by atoms with Crippen molar-refractivity contribution >= 4 is 28.8 Å². The van der Waals surface area contributed by atoms with Crippen LogP contribution in [0.2, 0.25) is 0 Å². The number of esters is 2. The standard InChI is InChI=1S/C28H22O6/c1-31-23-9-6-20(7-10-23)28(30)34-25-14-12-24(13-15-25)33-27(29)16-4-19-3-5-22-18-26(32-2)11-8-21(22)17-19/h3-18H,1-2H3/b16-4+. The van der Waals surface area contributed by atoms with Crippen LogP contribution in [0.3, 0.4) is 0 Å². The van der Waals surface area contributed by atoms with Gasteiger partial charge in [-0.15, -0.1) is 0 Å². The van der Waals surface area contributed by atoms with Crippen molar-refractivity contribution in [3.05, 3.63) is 102 Å². The minimum atomic E-state index is -0.516. The molecule has 4 rings (SSSR count). The molecule has 4 aromatic rings. The van der Waals surface area contributed by atoms with E-state index in [2.05, 4.69) is 0 Å². The Hall–Kier alpha value is -4.58. The molecule has 170 valence electrons. The molecule has 0 saturated heterocycles. The Morgan fingerprint density at radius 2 is 1.18 bits per heavy atom. The number of carbonyl (C=O) groups is 2. The molecular weight excluding hydrogens is 432 g/mol. The molecule has 34 heavy (non-hydrogen) atoms. The topological polar surface area (TPSA) is 71.1 Å². The van der Waals surface area contributed by atoms with Gasteiger partial charge < -0.3 is 18.9 Å². The first kappa shape index (κ1) is 22.6. The van der Waals surface area contributed by atoms with Crippen molar-refractivity contribution in [2.45, 2.75) is 0 Å². The molecule has 0 saturated carbocycles. The van der Waals surface area contributed by atoms with Crippen molar-refractivity contribution in [1.29, 1.82) is 0 Å². The Labute approximate surface area is 197 Å². The van der Waals surface area contributed by atoms with Crippen LogP contribution in [0.1, 0.15) is 15.9 Å². The number of hydrogen-bond donors (Lipinski definition) is 0. The molecule has 0 aliphatic heterocycles. The van der Waals surface area contributed by atoms with E-state index in [9.17, 15) is 9.59 Å². The monoisotopic (exact) mass is 454 g/mol. The summed E-state index contributed by atoms with van der Waals surface area (Å²) in [6.07, 6.45) is 3.05. The van der Waals surface area contributed by atoms with Crippen molar-refractivity contribution in [2.24, 2.45) is 0 Å². The summed E-state index contributed by atoms with van der Waals surface area (Å²) in [5.41, 5.74) is 1.27. The van der Waals surface area contributed by atoms with E-state index in [1.54, 1.807) is 68.8 Å². The Bertz CT molecular complexity index is 1340. The predicted octanol–water partition coefficient (Wildman–Crippen LogP) is 5.70. The summed E-state index contributed by atoms with van der Waals surface area (Å²) in [7, 11) is 3.19. The molecule has 4 aromatic carbocycles. The lowest BCUT2D eigenvalue weighted by Gasteiger charge is -2.06. The number of hydrogen-bond acceptors (Lipinski definition) is 6. The fourth-order valence-electron chi connectivity index (χ4n) is 3.26. The van der Waals surface area contributed by atoms with Crippen molar-refractivity contribution < 1.29 is 28.5 Å². The van der Waals surface area contributed by atoms with Gasteiger partial charge in [0.2, 0.25) is 0 Å². The molecule has 0 bridgehead atoms. The smallest absolute Gasteiger partial charge is 0.343 e. The highest BCUT2D eigenvalue weighted by molar-refractivity contribution is 5.92. The molecule has 0 N–H and O–H groups in total. The lowest BCUT2D eigenvalue weighted by molar-refractivity contribution is -0.128. The molecule has 0 atom stereocenters. The zero-order valence-corrected chi connectivity index (χ0v) is 18.7. The number of carbonyl (C=O) groups excluding carboxylic acids is 2. The Morgan fingerprint density at radius 1 is 0.618 bits per heavy atom. The molecular formula is C28H22O6. The fraction of sp³-hybridized carbons (Fsp3) is 0.0714. The van der Waals surface area contributed by atoms with Gasteiger partial charge in [-0.05, 0) is 89.1 Å². The van der Waals surface area contributed by atoms with Gasteiger partial charge in [0.15, 0.2) is 0 Å². The van der Waals surface area contributed by atoms with Gasteiger partial charge in [0, 0.05) is 6.08 Å². The Balaban J connectivity index is 1.34. The summed E-state index contributed by atoms with van der Waals surface area (Å²) in [5, 5.41) is 2.09. The summed E-state index contributed by atoms with van der Waals surface area (Å²) in [6.45, 7) is 0. The van der Waals surface area contributed by atoms with E-state index < -0.39 is 11.9 Å². The third-order valence-electron chi connectivity index (χ3n) is 5.06. The maximum Gasteiger partial charge on any atom is 0.343 e. The lowest BCUT2D eigenvalue weighted by Crippen LogP contribution is -2.08. The average Bonchev–Trinajstić information content (AvgIpc) is 2.88. The highest BCUT2D eigenvalue weighted by Gasteiger charge is 2.09. The first-order valence-corrected chi connectivity index (χ1v) is 10.5. The quantitative estimate of drug-likeness (QED) is 0.203. The second kappa shape index (κ2) is 10.4. The second-order valence-electron chi connectivity index (χ2n) is 7.32. The molecule has 0 aromatic heterocycles. The molecule has 0 radical (unpaired) electrons. The number of ether oxygens (including phenoxy) is 4. The predicted molar refractivity (Wildman–Crippen MR) is 130 cm³/mol. The first-order valence-electron chi connectivity index (χ1n) is 10.5. The van der Waals surface area contributed by atoms with Crippen molar-refractivity contribution in [1.82, 2.24) is 0 Å². The molecule has 6 nitrogen and oxygen atoms in total. The number of rotatable bonds is 7. The normalized spacial score (nSPS) is 10.8. The number of benzene rings is 4. The third-order valence-corrected chi connectivity index (χ3v) is 5.06. The summed E-state index contributed by atoms with van der Waals surface area (Å²) in [6, 6.07) is 24.5. The minimum absolute atomic E-state index is 0.337. The van der Waals surface area contributed by atoms with Crippen molar-refractivity contribution in [3.8, 4) is 23.0 Å². The van der Waals surface area contributed by atoms with E-state index in [4.69, 9.17) is 18.9 Å². The van der Waals surface area contributed by atoms with E-state index in [-0.39, 0.29) is 0 Å². The Kier molecular flexibility index (Phi) is 6.89. The average molecular weight is 454 g/mol. The molecule has 0 fully saturated rings. The summed E-state index contributed by atoms with van der Waals surface area (Å²) in [4.78, 5) is 24.5. The van der Waals surface area contributed by atoms with Crippen LogP contribution in [0.25, 0.3) is 16.8 Å². The van der Waals surface area contributed by atoms with E-state index in [0.29, 0.717) is 22.8 Å². The SMILES string of the molecule is COc1ccc(C(=O)Oc2ccc(OC(=O)/C=C/c3ccc4cc(OC)ccc4c3)cc2)cc1. The summed E-state index contributed by atoms with van der Waals surface area (Å²) >= 11 is 0. The van der Waals surface area contributed by atoms with E-state index >= 15 is 0 Å². The van der Waals surface area contributed by atoms with E-state index in [1.807, 2.05) is 36.4 Å². The van der Waals surface area contributed by atoms with Crippen LogP contribution in [0.15, 0.2) is 91.0 Å². The van der Waals surface area contributed by atoms with Gasteiger partial charge in [0.05, 0.1) is 19.8 Å². The zero-order chi connectivity index (χ0) is 23.9. The molecule has 6 heteroatoms. The van der Waals surface area contributed by atoms with E-state index in [0.717, 1.165) is 22.1 Å². The maximum atomic E-state index is 12.2. The molecule has 0 heterocycles. The molecule has 0 unspecified atom stereocenters. The first-order chi connectivity index (χ1) is 16.5. The van der Waals surface area contributed by atoms with Gasteiger partial charge in [0.25, 0.3) is 0 Å². The fourth-order valence-corrected chi connectivity index (χ4v) is 3.26. The van der Waals surface area contributed by atoms with Crippen LogP contribution >= 0.6 is 0 Å². The van der Waals surface area contributed by atoms with Crippen LogP contribution in [0.5, 0.6) is 23.0 Å². The van der Waals surface area contributed by atoms with Crippen LogP contribution in [0.4, 0.5) is 0 Å². The number of methoxy groups -OCH3 is 2. The van der Waals surface area contributed by atoms with Gasteiger partial charge >= 0.3 is 11.9 Å². The van der Waals surface area contributed by atoms with Gasteiger partial charge in [0.1, 0.15) is 23.0 Å². The highest BCUT2D eigenvalue weighted by atomic mass is 16.5. The van der Waals surface area contributed by atoms with Crippen LogP contribution < -0.4 is 18.9 Å². The number of fused-ring (bicyclic) bond motifs is 1.